The Morgan fingerprint density at radius 1 is 1.08 bits per heavy atom. The quantitative estimate of drug-likeness (QED) is 0.825. The molecule has 0 spiro atoms. The Kier molecular flexibility index (Phi) is 6.10. The van der Waals surface area contributed by atoms with Gasteiger partial charge in [0.1, 0.15) is 11.5 Å². The molecule has 1 N–H and O–H groups in total. The van der Waals surface area contributed by atoms with E-state index in [0.29, 0.717) is 23.1 Å². The average molecular weight is 348 g/mol. The van der Waals surface area contributed by atoms with Crippen LogP contribution in [0.1, 0.15) is 23.1 Å². The number of benzene rings is 2. The van der Waals surface area contributed by atoms with Crippen molar-refractivity contribution in [1.82, 2.24) is 0 Å². The molecule has 0 radical (unpaired) electrons. The number of hydrogen-bond acceptors (Lipinski definition) is 3. The van der Waals surface area contributed by atoms with E-state index < -0.39 is 0 Å². The first kappa shape index (κ1) is 18.1. The highest BCUT2D eigenvalue weighted by Gasteiger charge is 2.10. The lowest BCUT2D eigenvalue weighted by Crippen LogP contribution is -2.16. The van der Waals surface area contributed by atoms with Gasteiger partial charge in [0, 0.05) is 11.1 Å². The number of aryl methyl sites for hydroxylation is 3. The molecular formula is C19H22ClNO3. The third-order valence-corrected chi connectivity index (χ3v) is 3.96. The van der Waals surface area contributed by atoms with Crippen molar-refractivity contribution in [3.05, 3.63) is 52.0 Å². The van der Waals surface area contributed by atoms with Crippen molar-refractivity contribution in [2.45, 2.75) is 27.2 Å². The van der Waals surface area contributed by atoms with Crippen LogP contribution in [0.15, 0.2) is 30.3 Å². The van der Waals surface area contributed by atoms with E-state index in [2.05, 4.69) is 11.4 Å². The lowest BCUT2D eigenvalue weighted by molar-refractivity contribution is -0.116. The standard InChI is InChI=1S/C19H22ClNO3/c1-12-7-13(2)9-15(8-12)24-6-5-19(22)21-17-10-14(3)16(20)11-18(17)23-4/h7-11H,5-6H2,1-4H3,(H,21,22). The Labute approximate surface area is 147 Å². The summed E-state index contributed by atoms with van der Waals surface area (Å²) in [5.41, 5.74) is 3.75. The van der Waals surface area contributed by atoms with E-state index in [1.54, 1.807) is 19.2 Å². The molecule has 0 aromatic heterocycles. The number of anilines is 1. The molecule has 1 amide bonds. The molecule has 0 aliphatic heterocycles. The van der Waals surface area contributed by atoms with Crippen LogP contribution in [-0.4, -0.2) is 19.6 Å². The van der Waals surface area contributed by atoms with Gasteiger partial charge in [-0.3, -0.25) is 4.79 Å². The number of carbonyl (C=O) groups excluding carboxylic acids is 1. The van der Waals surface area contributed by atoms with E-state index in [1.807, 2.05) is 32.9 Å². The first-order valence-corrected chi connectivity index (χ1v) is 8.12. The molecule has 0 fully saturated rings. The van der Waals surface area contributed by atoms with Crippen LogP contribution in [0.2, 0.25) is 5.02 Å². The van der Waals surface area contributed by atoms with Crippen molar-refractivity contribution in [1.29, 1.82) is 0 Å². The highest BCUT2D eigenvalue weighted by molar-refractivity contribution is 6.31. The third kappa shape index (κ3) is 4.90. The summed E-state index contributed by atoms with van der Waals surface area (Å²) in [4.78, 5) is 12.1. The molecule has 0 saturated carbocycles. The minimum Gasteiger partial charge on any atom is -0.495 e. The summed E-state index contributed by atoms with van der Waals surface area (Å²) < 4.78 is 10.9. The number of amides is 1. The van der Waals surface area contributed by atoms with E-state index in [-0.39, 0.29) is 12.3 Å². The predicted octanol–water partition coefficient (Wildman–Crippen LogP) is 4.68. The molecule has 0 heterocycles. The molecule has 2 rings (SSSR count). The largest absolute Gasteiger partial charge is 0.495 e. The van der Waals surface area contributed by atoms with Crippen molar-refractivity contribution < 1.29 is 14.3 Å². The molecule has 0 atom stereocenters. The molecule has 2 aromatic rings. The minimum absolute atomic E-state index is 0.139. The van der Waals surface area contributed by atoms with E-state index >= 15 is 0 Å². The molecular weight excluding hydrogens is 326 g/mol. The van der Waals surface area contributed by atoms with Crippen LogP contribution in [0.5, 0.6) is 11.5 Å². The summed E-state index contributed by atoms with van der Waals surface area (Å²) in [6, 6.07) is 9.48. The van der Waals surface area contributed by atoms with Gasteiger partial charge in [0.05, 0.1) is 25.8 Å². The fourth-order valence-corrected chi connectivity index (χ4v) is 2.57. The maximum atomic E-state index is 12.1. The summed E-state index contributed by atoms with van der Waals surface area (Å²) in [5.74, 6) is 1.17. The number of rotatable bonds is 6. The van der Waals surface area contributed by atoms with Crippen molar-refractivity contribution in [3.8, 4) is 11.5 Å². The lowest BCUT2D eigenvalue weighted by Gasteiger charge is -2.13. The van der Waals surface area contributed by atoms with Gasteiger partial charge in [-0.2, -0.15) is 0 Å². The smallest absolute Gasteiger partial charge is 0.227 e. The molecule has 0 saturated heterocycles. The second-order valence-electron chi connectivity index (χ2n) is 5.77. The Bertz CT molecular complexity index is 723. The van der Waals surface area contributed by atoms with Crippen LogP contribution < -0.4 is 14.8 Å². The molecule has 128 valence electrons. The van der Waals surface area contributed by atoms with Crippen LogP contribution in [0, 0.1) is 20.8 Å². The zero-order valence-corrected chi connectivity index (χ0v) is 15.2. The fraction of sp³-hybridized carbons (Fsp3) is 0.316. The first-order chi connectivity index (χ1) is 11.4. The number of carbonyl (C=O) groups is 1. The number of halogens is 1. The van der Waals surface area contributed by atoms with E-state index in [1.165, 1.54) is 0 Å². The lowest BCUT2D eigenvalue weighted by atomic mass is 10.1. The van der Waals surface area contributed by atoms with Gasteiger partial charge >= 0.3 is 0 Å². The highest BCUT2D eigenvalue weighted by Crippen LogP contribution is 2.31. The van der Waals surface area contributed by atoms with Crippen LogP contribution in [0.4, 0.5) is 5.69 Å². The number of hydrogen-bond donors (Lipinski definition) is 1. The highest BCUT2D eigenvalue weighted by atomic mass is 35.5. The van der Waals surface area contributed by atoms with Gasteiger partial charge in [-0.25, -0.2) is 0 Å². The maximum absolute atomic E-state index is 12.1. The SMILES string of the molecule is COc1cc(Cl)c(C)cc1NC(=O)CCOc1cc(C)cc(C)c1. The van der Waals surface area contributed by atoms with Crippen molar-refractivity contribution in [2.75, 3.05) is 19.0 Å². The monoisotopic (exact) mass is 347 g/mol. The summed E-state index contributed by atoms with van der Waals surface area (Å²) >= 11 is 6.07. The zero-order valence-electron chi connectivity index (χ0n) is 14.4. The Hall–Kier alpha value is -2.20. The minimum atomic E-state index is -0.139. The van der Waals surface area contributed by atoms with Gasteiger partial charge in [-0.1, -0.05) is 17.7 Å². The molecule has 0 unspecified atom stereocenters. The van der Waals surface area contributed by atoms with Gasteiger partial charge in [-0.15, -0.1) is 0 Å². The molecule has 2 aromatic carbocycles. The van der Waals surface area contributed by atoms with Crippen molar-refractivity contribution >= 4 is 23.2 Å². The number of methoxy groups -OCH3 is 1. The Morgan fingerprint density at radius 3 is 2.38 bits per heavy atom. The van der Waals surface area contributed by atoms with Crippen molar-refractivity contribution in [3.63, 3.8) is 0 Å². The fourth-order valence-electron chi connectivity index (χ4n) is 2.42. The molecule has 0 aliphatic rings. The maximum Gasteiger partial charge on any atom is 0.227 e. The summed E-state index contributed by atoms with van der Waals surface area (Å²) in [5, 5.41) is 3.44. The molecule has 5 heteroatoms. The third-order valence-electron chi connectivity index (χ3n) is 3.55. The predicted molar refractivity (Wildman–Crippen MR) is 97.4 cm³/mol. The topological polar surface area (TPSA) is 47.6 Å². The zero-order chi connectivity index (χ0) is 17.7. The van der Waals surface area contributed by atoms with Crippen LogP contribution in [0.25, 0.3) is 0 Å². The summed E-state index contributed by atoms with van der Waals surface area (Å²) in [7, 11) is 1.54. The van der Waals surface area contributed by atoms with Gasteiger partial charge in [-0.05, 0) is 55.7 Å². The normalized spacial score (nSPS) is 10.4. The Balaban J connectivity index is 1.93. The van der Waals surface area contributed by atoms with E-state index in [0.717, 1.165) is 22.4 Å². The van der Waals surface area contributed by atoms with Gasteiger partial charge in [0.15, 0.2) is 0 Å². The second-order valence-corrected chi connectivity index (χ2v) is 6.18. The van der Waals surface area contributed by atoms with E-state index in [9.17, 15) is 4.79 Å². The average Bonchev–Trinajstić information content (AvgIpc) is 2.49. The van der Waals surface area contributed by atoms with Gasteiger partial charge in [0.2, 0.25) is 5.91 Å². The summed E-state index contributed by atoms with van der Waals surface area (Å²) in [6.45, 7) is 6.22. The van der Waals surface area contributed by atoms with Crippen LogP contribution in [0.3, 0.4) is 0 Å². The van der Waals surface area contributed by atoms with Crippen LogP contribution >= 0.6 is 11.6 Å². The molecule has 24 heavy (non-hydrogen) atoms. The Morgan fingerprint density at radius 2 is 1.75 bits per heavy atom. The molecule has 0 aliphatic carbocycles. The van der Waals surface area contributed by atoms with E-state index in [4.69, 9.17) is 21.1 Å². The first-order valence-electron chi connectivity index (χ1n) is 7.74. The van der Waals surface area contributed by atoms with Gasteiger partial charge in [0.25, 0.3) is 0 Å². The van der Waals surface area contributed by atoms with Crippen molar-refractivity contribution in [2.24, 2.45) is 0 Å². The summed E-state index contributed by atoms with van der Waals surface area (Å²) in [6.07, 6.45) is 0.248. The van der Waals surface area contributed by atoms with Crippen LogP contribution in [-0.2, 0) is 4.79 Å². The second kappa shape index (κ2) is 8.06. The molecule has 4 nitrogen and oxygen atoms in total. The molecule has 0 bridgehead atoms. The van der Waals surface area contributed by atoms with Gasteiger partial charge < -0.3 is 14.8 Å². The number of ether oxygens (including phenoxy) is 2. The number of nitrogens with one attached hydrogen (secondary N) is 1.